The SMILES string of the molecule is CN(C)S(=O)(=O)c1n[nH]cc1C(=O)O. The Labute approximate surface area is 80.4 Å². The van der Waals surface area contributed by atoms with Crippen LogP contribution < -0.4 is 0 Å². The Morgan fingerprint density at radius 3 is 2.57 bits per heavy atom. The molecule has 8 heteroatoms. The first-order valence-electron chi connectivity index (χ1n) is 3.57. The molecule has 0 atom stereocenters. The lowest BCUT2D eigenvalue weighted by molar-refractivity contribution is 0.0692. The fraction of sp³-hybridized carbons (Fsp3) is 0.333. The summed E-state index contributed by atoms with van der Waals surface area (Å²) < 4.78 is 23.9. The summed E-state index contributed by atoms with van der Waals surface area (Å²) >= 11 is 0. The van der Waals surface area contributed by atoms with Crippen LogP contribution >= 0.6 is 0 Å². The van der Waals surface area contributed by atoms with Gasteiger partial charge < -0.3 is 5.11 Å². The van der Waals surface area contributed by atoms with E-state index in [0.29, 0.717) is 0 Å². The first-order chi connectivity index (χ1) is 6.37. The molecule has 0 saturated heterocycles. The van der Waals surface area contributed by atoms with Crippen LogP contribution in [0, 0.1) is 0 Å². The minimum atomic E-state index is -3.80. The second-order valence-electron chi connectivity index (χ2n) is 2.70. The van der Waals surface area contributed by atoms with Crippen LogP contribution in [0.4, 0.5) is 0 Å². The minimum Gasteiger partial charge on any atom is -0.478 e. The maximum Gasteiger partial charge on any atom is 0.340 e. The molecule has 7 nitrogen and oxygen atoms in total. The smallest absolute Gasteiger partial charge is 0.340 e. The van der Waals surface area contributed by atoms with Gasteiger partial charge in [-0.2, -0.15) is 5.10 Å². The summed E-state index contributed by atoms with van der Waals surface area (Å²) in [6.45, 7) is 0. The van der Waals surface area contributed by atoms with Crippen molar-refractivity contribution < 1.29 is 18.3 Å². The number of nitrogens with one attached hydrogen (secondary N) is 1. The van der Waals surface area contributed by atoms with Crippen LogP contribution in [0.15, 0.2) is 11.2 Å². The van der Waals surface area contributed by atoms with Crippen molar-refractivity contribution in [2.45, 2.75) is 5.03 Å². The molecular formula is C6H9N3O4S. The van der Waals surface area contributed by atoms with Gasteiger partial charge in [0.15, 0.2) is 0 Å². The van der Waals surface area contributed by atoms with Crippen LogP contribution in [0.1, 0.15) is 10.4 Å². The van der Waals surface area contributed by atoms with E-state index in [-0.39, 0.29) is 5.56 Å². The minimum absolute atomic E-state index is 0.362. The molecule has 0 spiro atoms. The van der Waals surface area contributed by atoms with Crippen LogP contribution in [0.3, 0.4) is 0 Å². The van der Waals surface area contributed by atoms with Gasteiger partial charge in [-0.25, -0.2) is 17.5 Å². The molecule has 14 heavy (non-hydrogen) atoms. The zero-order valence-electron chi connectivity index (χ0n) is 7.55. The number of aromatic carboxylic acids is 1. The van der Waals surface area contributed by atoms with E-state index in [1.807, 2.05) is 0 Å². The molecule has 0 radical (unpaired) electrons. The molecule has 0 unspecified atom stereocenters. The number of hydrogen-bond acceptors (Lipinski definition) is 4. The molecule has 0 fully saturated rings. The first kappa shape index (κ1) is 10.7. The second-order valence-corrected chi connectivity index (χ2v) is 4.76. The van der Waals surface area contributed by atoms with Crippen molar-refractivity contribution in [3.8, 4) is 0 Å². The maximum atomic E-state index is 11.5. The number of H-pyrrole nitrogens is 1. The Morgan fingerprint density at radius 1 is 1.57 bits per heavy atom. The molecule has 1 rings (SSSR count). The monoisotopic (exact) mass is 219 g/mol. The summed E-state index contributed by atoms with van der Waals surface area (Å²) in [6, 6.07) is 0. The van der Waals surface area contributed by atoms with Gasteiger partial charge in [-0.1, -0.05) is 0 Å². The third-order valence-electron chi connectivity index (χ3n) is 1.56. The van der Waals surface area contributed by atoms with Gasteiger partial charge in [-0.15, -0.1) is 0 Å². The van der Waals surface area contributed by atoms with Gasteiger partial charge in [0.1, 0.15) is 5.56 Å². The standard InChI is InChI=1S/C6H9N3O4S/c1-9(2)14(12,13)5-4(6(10)11)3-7-8-5/h3H,1-2H3,(H,7,8)(H,10,11). The van der Waals surface area contributed by atoms with E-state index in [2.05, 4.69) is 10.2 Å². The number of aromatic amines is 1. The van der Waals surface area contributed by atoms with Gasteiger partial charge in [0.25, 0.3) is 10.0 Å². The molecule has 2 N–H and O–H groups in total. The lowest BCUT2D eigenvalue weighted by Crippen LogP contribution is -2.24. The van der Waals surface area contributed by atoms with Crippen LogP contribution in [-0.2, 0) is 10.0 Å². The Balaban J connectivity index is 3.34. The molecule has 1 heterocycles. The third kappa shape index (κ3) is 1.61. The topological polar surface area (TPSA) is 103 Å². The highest BCUT2D eigenvalue weighted by atomic mass is 32.2. The number of nitrogens with zero attached hydrogens (tertiary/aromatic N) is 2. The Hall–Kier alpha value is -1.41. The van der Waals surface area contributed by atoms with Crippen molar-refractivity contribution in [3.05, 3.63) is 11.8 Å². The lowest BCUT2D eigenvalue weighted by atomic mass is 10.4. The van der Waals surface area contributed by atoms with E-state index in [9.17, 15) is 13.2 Å². The van der Waals surface area contributed by atoms with Gasteiger partial charge in [0.2, 0.25) is 5.03 Å². The van der Waals surface area contributed by atoms with Crippen molar-refractivity contribution in [3.63, 3.8) is 0 Å². The number of sulfonamides is 1. The molecule has 0 bridgehead atoms. The van der Waals surface area contributed by atoms with E-state index >= 15 is 0 Å². The summed E-state index contributed by atoms with van der Waals surface area (Å²) in [5, 5.41) is 13.8. The maximum absolute atomic E-state index is 11.5. The molecular weight excluding hydrogens is 210 g/mol. The summed E-state index contributed by atoms with van der Waals surface area (Å²) in [5.41, 5.74) is -0.362. The van der Waals surface area contributed by atoms with Crippen molar-refractivity contribution >= 4 is 16.0 Å². The van der Waals surface area contributed by atoms with Crippen LogP contribution in [0.2, 0.25) is 0 Å². The molecule has 1 aromatic heterocycles. The van der Waals surface area contributed by atoms with E-state index in [4.69, 9.17) is 5.11 Å². The molecule has 0 aliphatic rings. The third-order valence-corrected chi connectivity index (χ3v) is 3.32. The van der Waals surface area contributed by atoms with Crippen LogP contribution in [0.5, 0.6) is 0 Å². The van der Waals surface area contributed by atoms with Gasteiger partial charge in [0, 0.05) is 20.3 Å². The molecule has 78 valence electrons. The first-order valence-corrected chi connectivity index (χ1v) is 5.01. The summed E-state index contributed by atoms with van der Waals surface area (Å²) in [7, 11) is -1.20. The highest BCUT2D eigenvalue weighted by Gasteiger charge is 2.27. The second kappa shape index (κ2) is 3.39. The molecule has 1 aromatic rings. The highest BCUT2D eigenvalue weighted by molar-refractivity contribution is 7.89. The molecule has 0 amide bonds. The average molecular weight is 219 g/mol. The fourth-order valence-electron chi connectivity index (χ4n) is 0.800. The zero-order chi connectivity index (χ0) is 10.9. The number of hydrogen-bond donors (Lipinski definition) is 2. The Kier molecular flexibility index (Phi) is 2.58. The molecule has 0 aromatic carbocycles. The van der Waals surface area contributed by atoms with Crippen molar-refractivity contribution in [2.75, 3.05) is 14.1 Å². The van der Waals surface area contributed by atoms with Crippen LogP contribution in [-0.4, -0.2) is 48.1 Å². The summed E-state index contributed by atoms with van der Waals surface area (Å²) in [5.74, 6) is -1.33. The normalized spacial score (nSPS) is 11.9. The van der Waals surface area contributed by atoms with Gasteiger partial charge >= 0.3 is 5.97 Å². The highest BCUT2D eigenvalue weighted by Crippen LogP contribution is 2.14. The van der Waals surface area contributed by atoms with E-state index < -0.39 is 21.0 Å². The number of aromatic nitrogens is 2. The van der Waals surface area contributed by atoms with Crippen molar-refractivity contribution in [1.29, 1.82) is 0 Å². The quantitative estimate of drug-likeness (QED) is 0.703. The number of rotatable bonds is 3. The molecule has 0 aliphatic carbocycles. The Bertz CT molecular complexity index is 447. The largest absolute Gasteiger partial charge is 0.478 e. The summed E-state index contributed by atoms with van der Waals surface area (Å²) in [6.07, 6.45) is 1.03. The van der Waals surface area contributed by atoms with E-state index in [1.54, 1.807) is 0 Å². The Morgan fingerprint density at radius 2 is 2.14 bits per heavy atom. The predicted molar refractivity (Wildman–Crippen MR) is 46.4 cm³/mol. The van der Waals surface area contributed by atoms with Gasteiger partial charge in [-0.05, 0) is 0 Å². The number of carbonyl (C=O) groups is 1. The van der Waals surface area contributed by atoms with E-state index in [1.165, 1.54) is 14.1 Å². The number of carboxylic acid groups (broad SMARTS) is 1. The van der Waals surface area contributed by atoms with E-state index in [0.717, 1.165) is 10.5 Å². The molecule has 0 aliphatic heterocycles. The number of carboxylic acids is 1. The summed E-state index contributed by atoms with van der Waals surface area (Å²) in [4.78, 5) is 10.6. The average Bonchev–Trinajstić information content (AvgIpc) is 2.51. The predicted octanol–water partition coefficient (Wildman–Crippen LogP) is -0.642. The van der Waals surface area contributed by atoms with Gasteiger partial charge in [-0.3, -0.25) is 5.10 Å². The van der Waals surface area contributed by atoms with Crippen molar-refractivity contribution in [1.82, 2.24) is 14.5 Å². The van der Waals surface area contributed by atoms with Crippen molar-refractivity contribution in [2.24, 2.45) is 0 Å². The zero-order valence-corrected chi connectivity index (χ0v) is 8.37. The lowest BCUT2D eigenvalue weighted by Gasteiger charge is -2.08. The fourth-order valence-corrected chi connectivity index (χ4v) is 1.74. The van der Waals surface area contributed by atoms with Gasteiger partial charge in [0.05, 0.1) is 0 Å². The van der Waals surface area contributed by atoms with Crippen LogP contribution in [0.25, 0.3) is 0 Å². The molecule has 0 saturated carbocycles.